The Labute approximate surface area is 185 Å². The Hall–Kier alpha value is -3.50. The molecule has 0 saturated carbocycles. The number of hydrogen-bond acceptors (Lipinski definition) is 2. The third-order valence-electron chi connectivity index (χ3n) is 5.56. The molecule has 154 valence electrons. The lowest BCUT2D eigenvalue weighted by Crippen LogP contribution is -2.07. The molecule has 1 amide bonds. The summed E-state index contributed by atoms with van der Waals surface area (Å²) >= 11 is 6.10. The van der Waals surface area contributed by atoms with Crippen LogP contribution in [0.5, 0.6) is 5.75 Å². The molecule has 3 aromatic carbocycles. The normalized spacial score (nSPS) is 14.1. The van der Waals surface area contributed by atoms with Gasteiger partial charge in [0.1, 0.15) is 12.4 Å². The second kappa shape index (κ2) is 7.97. The highest BCUT2D eigenvalue weighted by molar-refractivity contribution is 6.35. The molecule has 1 N–H and O–H groups in total. The summed E-state index contributed by atoms with van der Waals surface area (Å²) in [6, 6.07) is 21.7. The van der Waals surface area contributed by atoms with Gasteiger partial charge < -0.3 is 14.6 Å². The van der Waals surface area contributed by atoms with Crippen molar-refractivity contribution in [1.29, 1.82) is 0 Å². The molecule has 4 aromatic rings. The number of carbonyl (C=O) groups excluding carboxylic acids is 1. The fraction of sp³-hybridized carbons (Fsp3) is 0.115. The molecule has 31 heavy (non-hydrogen) atoms. The van der Waals surface area contributed by atoms with E-state index in [2.05, 4.69) is 28.2 Å². The van der Waals surface area contributed by atoms with Crippen LogP contribution in [0.15, 0.2) is 72.9 Å². The third-order valence-corrected chi connectivity index (χ3v) is 5.98. The van der Waals surface area contributed by atoms with Crippen molar-refractivity contribution in [2.75, 3.05) is 11.9 Å². The van der Waals surface area contributed by atoms with Crippen LogP contribution in [0, 0.1) is 6.92 Å². The zero-order chi connectivity index (χ0) is 21.4. The van der Waals surface area contributed by atoms with Gasteiger partial charge in [0.25, 0.3) is 5.91 Å². The Morgan fingerprint density at radius 3 is 2.74 bits per heavy atom. The number of carbonyl (C=O) groups is 1. The number of rotatable bonds is 5. The number of aryl methyl sites for hydroxylation is 1. The Balaban J connectivity index is 1.43. The van der Waals surface area contributed by atoms with E-state index >= 15 is 0 Å². The molecule has 1 aliphatic rings. The van der Waals surface area contributed by atoms with Crippen LogP contribution in [0.25, 0.3) is 22.6 Å². The highest BCUT2D eigenvalue weighted by Gasteiger charge is 2.23. The van der Waals surface area contributed by atoms with Crippen molar-refractivity contribution in [3.05, 3.63) is 94.6 Å². The van der Waals surface area contributed by atoms with Crippen molar-refractivity contribution in [2.24, 2.45) is 0 Å². The van der Waals surface area contributed by atoms with Crippen molar-refractivity contribution >= 4 is 45.7 Å². The molecule has 1 aliphatic heterocycles. The number of nitrogens with one attached hydrogen (secondary N) is 1. The van der Waals surface area contributed by atoms with Crippen LogP contribution in [0.3, 0.4) is 0 Å². The summed E-state index contributed by atoms with van der Waals surface area (Å²) in [7, 11) is 0. The molecule has 2 heterocycles. The number of aromatic nitrogens is 1. The third kappa shape index (κ3) is 3.71. The van der Waals surface area contributed by atoms with Gasteiger partial charge in [-0.25, -0.2) is 0 Å². The van der Waals surface area contributed by atoms with Crippen molar-refractivity contribution in [3.63, 3.8) is 0 Å². The van der Waals surface area contributed by atoms with E-state index in [1.807, 2.05) is 67.6 Å². The quantitative estimate of drug-likeness (QED) is 0.386. The van der Waals surface area contributed by atoms with E-state index in [4.69, 9.17) is 16.3 Å². The van der Waals surface area contributed by atoms with E-state index in [0.29, 0.717) is 18.7 Å². The largest absolute Gasteiger partial charge is 0.492 e. The molecule has 5 heteroatoms. The summed E-state index contributed by atoms with van der Waals surface area (Å²) in [4.78, 5) is 12.5. The maximum Gasteiger partial charge on any atom is 0.256 e. The molecular formula is C26H21ClN2O2. The molecule has 0 atom stereocenters. The maximum absolute atomic E-state index is 12.5. The lowest BCUT2D eigenvalue weighted by atomic mass is 10.0. The van der Waals surface area contributed by atoms with Gasteiger partial charge in [0, 0.05) is 44.5 Å². The second-order valence-electron chi connectivity index (χ2n) is 7.61. The smallest absolute Gasteiger partial charge is 0.256 e. The molecule has 0 unspecified atom stereocenters. The number of nitrogens with zero attached hydrogens (tertiary/aromatic N) is 1. The Bertz CT molecular complexity index is 1340. The monoisotopic (exact) mass is 428 g/mol. The van der Waals surface area contributed by atoms with Gasteiger partial charge in [0.05, 0.1) is 6.54 Å². The first-order valence-corrected chi connectivity index (χ1v) is 10.6. The molecule has 0 spiro atoms. The van der Waals surface area contributed by atoms with Gasteiger partial charge >= 0.3 is 0 Å². The SMILES string of the molecule is Cc1cc(OCCn2cc(C=C3C(=O)Nc4ccccc43)c3ccccc32)ccc1Cl. The van der Waals surface area contributed by atoms with E-state index < -0.39 is 0 Å². The van der Waals surface area contributed by atoms with Crippen molar-refractivity contribution in [3.8, 4) is 5.75 Å². The summed E-state index contributed by atoms with van der Waals surface area (Å²) in [6.45, 7) is 3.18. The molecule has 4 nitrogen and oxygen atoms in total. The number of ether oxygens (including phenoxy) is 1. The molecule has 0 bridgehead atoms. The van der Waals surface area contributed by atoms with Crippen LogP contribution in [0.2, 0.25) is 5.02 Å². The van der Waals surface area contributed by atoms with Gasteiger partial charge in [-0.2, -0.15) is 0 Å². The minimum atomic E-state index is -0.0699. The highest BCUT2D eigenvalue weighted by atomic mass is 35.5. The second-order valence-corrected chi connectivity index (χ2v) is 8.02. The number of amides is 1. The minimum Gasteiger partial charge on any atom is -0.492 e. The first-order valence-electron chi connectivity index (χ1n) is 10.2. The minimum absolute atomic E-state index is 0.0699. The number of anilines is 1. The number of fused-ring (bicyclic) bond motifs is 2. The molecule has 0 saturated heterocycles. The predicted molar refractivity (Wildman–Crippen MR) is 127 cm³/mol. The van der Waals surface area contributed by atoms with Gasteiger partial charge in [-0.1, -0.05) is 48.0 Å². The van der Waals surface area contributed by atoms with Crippen LogP contribution >= 0.6 is 11.6 Å². The molecule has 0 radical (unpaired) electrons. The first-order chi connectivity index (χ1) is 15.1. The van der Waals surface area contributed by atoms with Crippen LogP contribution in [-0.2, 0) is 11.3 Å². The van der Waals surface area contributed by atoms with Crippen LogP contribution < -0.4 is 10.1 Å². The van der Waals surface area contributed by atoms with Gasteiger partial charge in [0.15, 0.2) is 0 Å². The van der Waals surface area contributed by atoms with E-state index in [9.17, 15) is 4.79 Å². The summed E-state index contributed by atoms with van der Waals surface area (Å²) in [5, 5.41) is 4.78. The van der Waals surface area contributed by atoms with Crippen molar-refractivity contribution in [1.82, 2.24) is 4.57 Å². The average molecular weight is 429 g/mol. The van der Waals surface area contributed by atoms with E-state index in [1.54, 1.807) is 0 Å². The lowest BCUT2D eigenvalue weighted by Gasteiger charge is -2.09. The zero-order valence-electron chi connectivity index (χ0n) is 17.1. The number of halogens is 1. The van der Waals surface area contributed by atoms with E-state index in [-0.39, 0.29) is 5.91 Å². The summed E-state index contributed by atoms with van der Waals surface area (Å²) < 4.78 is 8.11. The highest BCUT2D eigenvalue weighted by Crippen LogP contribution is 2.34. The van der Waals surface area contributed by atoms with E-state index in [1.165, 1.54) is 0 Å². The van der Waals surface area contributed by atoms with Crippen LogP contribution in [0.4, 0.5) is 5.69 Å². The summed E-state index contributed by atoms with van der Waals surface area (Å²) in [5.41, 5.74) is 5.60. The standard InChI is InChI=1S/C26H21ClN2O2/c1-17-14-19(10-11-23(17)27)31-13-12-29-16-18(20-6-3-5-9-25(20)29)15-22-21-7-2-4-8-24(21)28-26(22)30/h2-11,14-16H,12-13H2,1H3,(H,28,30). The summed E-state index contributed by atoms with van der Waals surface area (Å²) in [6.07, 6.45) is 4.06. The number of hydrogen-bond donors (Lipinski definition) is 1. The Kier molecular flexibility index (Phi) is 5.00. The maximum atomic E-state index is 12.5. The Morgan fingerprint density at radius 2 is 1.87 bits per heavy atom. The molecular weight excluding hydrogens is 408 g/mol. The molecule has 1 aromatic heterocycles. The lowest BCUT2D eigenvalue weighted by molar-refractivity contribution is -0.110. The number of benzene rings is 3. The number of para-hydroxylation sites is 2. The first kappa shape index (κ1) is 19.5. The average Bonchev–Trinajstić information content (AvgIpc) is 3.28. The van der Waals surface area contributed by atoms with Gasteiger partial charge in [0.2, 0.25) is 0 Å². The fourth-order valence-electron chi connectivity index (χ4n) is 3.98. The van der Waals surface area contributed by atoms with Crippen LogP contribution in [-0.4, -0.2) is 17.1 Å². The van der Waals surface area contributed by atoms with Gasteiger partial charge in [-0.15, -0.1) is 0 Å². The summed E-state index contributed by atoms with van der Waals surface area (Å²) in [5.74, 6) is 0.736. The van der Waals surface area contributed by atoms with Gasteiger partial charge in [-0.3, -0.25) is 4.79 Å². The Morgan fingerprint density at radius 1 is 1.06 bits per heavy atom. The van der Waals surface area contributed by atoms with Crippen molar-refractivity contribution < 1.29 is 9.53 Å². The molecule has 0 aliphatic carbocycles. The van der Waals surface area contributed by atoms with Crippen molar-refractivity contribution in [2.45, 2.75) is 13.5 Å². The molecule has 5 rings (SSSR count). The molecule has 0 fully saturated rings. The van der Waals surface area contributed by atoms with Gasteiger partial charge in [-0.05, 0) is 48.9 Å². The zero-order valence-corrected chi connectivity index (χ0v) is 17.8. The van der Waals surface area contributed by atoms with E-state index in [0.717, 1.165) is 44.1 Å². The topological polar surface area (TPSA) is 43.3 Å². The fourth-order valence-corrected chi connectivity index (χ4v) is 4.10. The van der Waals surface area contributed by atoms with Crippen LogP contribution in [0.1, 0.15) is 16.7 Å². The predicted octanol–water partition coefficient (Wildman–Crippen LogP) is 6.17.